The van der Waals surface area contributed by atoms with Crippen LogP contribution in [0.5, 0.6) is 0 Å². The molecule has 1 saturated heterocycles. The third kappa shape index (κ3) is 3.76. The lowest BCUT2D eigenvalue weighted by Gasteiger charge is -2.34. The highest BCUT2D eigenvalue weighted by Crippen LogP contribution is 2.09. The van der Waals surface area contributed by atoms with Crippen molar-refractivity contribution in [2.45, 2.75) is 13.0 Å². The maximum Gasteiger partial charge on any atom is 0.223 e. The van der Waals surface area contributed by atoms with E-state index in [4.69, 9.17) is 0 Å². The molecular weight excluding hydrogens is 248 g/mol. The molecule has 0 atom stereocenters. The Bertz CT molecular complexity index is 360. The molecule has 0 saturated carbocycles. The Labute approximate surface area is 112 Å². The molecule has 2 heterocycles. The van der Waals surface area contributed by atoms with Gasteiger partial charge in [-0.1, -0.05) is 0 Å². The van der Waals surface area contributed by atoms with Crippen LogP contribution in [0.3, 0.4) is 0 Å². The molecule has 0 aromatic carbocycles. The fraction of sp³-hybridized carbons (Fsp3) is 0.667. The molecule has 18 heavy (non-hydrogen) atoms. The van der Waals surface area contributed by atoms with Crippen LogP contribution < -0.4 is 5.32 Å². The number of nitrogens with zero attached hydrogens (tertiary/aromatic N) is 3. The van der Waals surface area contributed by atoms with E-state index in [-0.39, 0.29) is 5.91 Å². The van der Waals surface area contributed by atoms with Crippen molar-refractivity contribution in [3.05, 3.63) is 16.6 Å². The van der Waals surface area contributed by atoms with Crippen LogP contribution in [0.25, 0.3) is 0 Å². The molecule has 1 amide bonds. The van der Waals surface area contributed by atoms with Crippen molar-refractivity contribution in [1.29, 1.82) is 0 Å². The monoisotopic (exact) mass is 268 g/mol. The van der Waals surface area contributed by atoms with Gasteiger partial charge in [-0.25, -0.2) is 4.98 Å². The number of piperazine rings is 1. The van der Waals surface area contributed by atoms with E-state index in [9.17, 15) is 4.79 Å². The summed E-state index contributed by atoms with van der Waals surface area (Å²) >= 11 is 1.63. The Kier molecular flexibility index (Phi) is 5.10. The number of rotatable bonds is 5. The maximum atomic E-state index is 11.8. The van der Waals surface area contributed by atoms with Gasteiger partial charge >= 0.3 is 0 Å². The quantitative estimate of drug-likeness (QED) is 0.839. The predicted octanol–water partition coefficient (Wildman–Crippen LogP) is 0.397. The third-order valence-corrected chi connectivity index (χ3v) is 3.82. The largest absolute Gasteiger partial charge is 0.340 e. The van der Waals surface area contributed by atoms with Crippen LogP contribution in [0.2, 0.25) is 0 Å². The van der Waals surface area contributed by atoms with Gasteiger partial charge in [0.15, 0.2) is 0 Å². The third-order valence-electron chi connectivity index (χ3n) is 3.18. The molecule has 5 nitrogen and oxygen atoms in total. The first-order chi connectivity index (χ1) is 8.79. The van der Waals surface area contributed by atoms with E-state index in [2.05, 4.69) is 20.6 Å². The van der Waals surface area contributed by atoms with Crippen LogP contribution in [0, 0.1) is 0 Å². The van der Waals surface area contributed by atoms with E-state index < -0.39 is 0 Å². The normalized spacial score (nSPS) is 17.1. The second-order valence-corrected chi connectivity index (χ2v) is 5.21. The van der Waals surface area contributed by atoms with Crippen LogP contribution in [0.15, 0.2) is 10.9 Å². The average Bonchev–Trinajstić information content (AvgIpc) is 2.89. The summed E-state index contributed by atoms with van der Waals surface area (Å²) in [6, 6.07) is 0. The minimum absolute atomic E-state index is 0.262. The van der Waals surface area contributed by atoms with Gasteiger partial charge in [-0.15, -0.1) is 11.3 Å². The number of nitrogens with one attached hydrogen (secondary N) is 1. The average molecular weight is 268 g/mol. The molecule has 1 aliphatic heterocycles. The summed E-state index contributed by atoms with van der Waals surface area (Å²) in [6.07, 6.45) is 0.600. The molecule has 0 bridgehead atoms. The van der Waals surface area contributed by atoms with Gasteiger partial charge in [-0.2, -0.15) is 0 Å². The summed E-state index contributed by atoms with van der Waals surface area (Å²) in [7, 11) is 1.87. The molecule has 0 spiro atoms. The Morgan fingerprint density at radius 3 is 2.83 bits per heavy atom. The Balaban J connectivity index is 1.72. The van der Waals surface area contributed by atoms with E-state index in [0.29, 0.717) is 6.42 Å². The molecule has 100 valence electrons. The van der Waals surface area contributed by atoms with Gasteiger partial charge in [0.25, 0.3) is 0 Å². The summed E-state index contributed by atoms with van der Waals surface area (Å²) in [4.78, 5) is 20.5. The van der Waals surface area contributed by atoms with E-state index in [0.717, 1.165) is 45.0 Å². The zero-order valence-electron chi connectivity index (χ0n) is 10.8. The van der Waals surface area contributed by atoms with Crippen LogP contribution in [-0.4, -0.2) is 60.5 Å². The first-order valence-electron chi connectivity index (χ1n) is 6.31. The van der Waals surface area contributed by atoms with Crippen LogP contribution >= 0.6 is 11.3 Å². The maximum absolute atomic E-state index is 11.8. The summed E-state index contributed by atoms with van der Waals surface area (Å²) < 4.78 is 0. The summed E-state index contributed by atoms with van der Waals surface area (Å²) in [5.41, 5.74) is 3.00. The minimum Gasteiger partial charge on any atom is -0.340 e. The van der Waals surface area contributed by atoms with Crippen molar-refractivity contribution < 1.29 is 4.79 Å². The van der Waals surface area contributed by atoms with Crippen LogP contribution in [0.1, 0.15) is 12.1 Å². The van der Waals surface area contributed by atoms with Crippen molar-refractivity contribution in [2.75, 3.05) is 39.8 Å². The van der Waals surface area contributed by atoms with Gasteiger partial charge in [-0.05, 0) is 7.05 Å². The molecule has 1 aliphatic rings. The number of hydrogen-bond donors (Lipinski definition) is 1. The fourth-order valence-corrected chi connectivity index (χ4v) is 2.64. The van der Waals surface area contributed by atoms with Gasteiger partial charge < -0.3 is 10.2 Å². The van der Waals surface area contributed by atoms with Crippen LogP contribution in [-0.2, 0) is 11.3 Å². The molecule has 6 heteroatoms. The number of carbonyl (C=O) groups is 1. The smallest absolute Gasteiger partial charge is 0.223 e. The van der Waals surface area contributed by atoms with E-state index in [1.807, 2.05) is 17.5 Å². The number of carbonyl (C=O) groups excluding carboxylic acids is 1. The topological polar surface area (TPSA) is 48.5 Å². The van der Waals surface area contributed by atoms with Crippen LogP contribution in [0.4, 0.5) is 0 Å². The fourth-order valence-electron chi connectivity index (χ4n) is 2.09. The lowest BCUT2D eigenvalue weighted by atomic mass is 10.2. The van der Waals surface area contributed by atoms with Gasteiger partial charge in [-0.3, -0.25) is 9.69 Å². The molecule has 1 N–H and O–H groups in total. The van der Waals surface area contributed by atoms with Gasteiger partial charge in [0.2, 0.25) is 5.91 Å². The van der Waals surface area contributed by atoms with Crippen molar-refractivity contribution in [1.82, 2.24) is 20.1 Å². The molecule has 0 aliphatic carbocycles. The van der Waals surface area contributed by atoms with Crippen molar-refractivity contribution in [3.63, 3.8) is 0 Å². The molecule has 0 unspecified atom stereocenters. The van der Waals surface area contributed by atoms with Crippen molar-refractivity contribution in [3.8, 4) is 0 Å². The van der Waals surface area contributed by atoms with Gasteiger partial charge in [0.05, 0.1) is 11.2 Å². The lowest BCUT2D eigenvalue weighted by molar-refractivity contribution is -0.132. The first-order valence-corrected chi connectivity index (χ1v) is 7.25. The molecule has 0 radical (unpaired) electrons. The molecular formula is C12H20N4OS. The van der Waals surface area contributed by atoms with Gasteiger partial charge in [0, 0.05) is 51.1 Å². The minimum atomic E-state index is 0.262. The summed E-state index contributed by atoms with van der Waals surface area (Å²) in [5.74, 6) is 0.262. The van der Waals surface area contributed by atoms with Crippen molar-refractivity contribution in [2.24, 2.45) is 0 Å². The van der Waals surface area contributed by atoms with Crippen molar-refractivity contribution >= 4 is 17.2 Å². The highest BCUT2D eigenvalue weighted by Gasteiger charge is 2.20. The highest BCUT2D eigenvalue weighted by molar-refractivity contribution is 7.07. The van der Waals surface area contributed by atoms with E-state index in [1.165, 1.54) is 0 Å². The second kappa shape index (κ2) is 6.82. The molecule has 1 fully saturated rings. The number of aromatic nitrogens is 1. The molecule has 1 aromatic heterocycles. The lowest BCUT2D eigenvalue weighted by Crippen LogP contribution is -2.48. The molecule has 2 rings (SSSR count). The SMILES string of the molecule is CNCCC(=O)N1CCN(Cc2cscn2)CC1. The first kappa shape index (κ1) is 13.5. The molecule has 1 aromatic rings. The highest BCUT2D eigenvalue weighted by atomic mass is 32.1. The Morgan fingerprint density at radius 1 is 1.44 bits per heavy atom. The number of hydrogen-bond acceptors (Lipinski definition) is 5. The second-order valence-electron chi connectivity index (χ2n) is 4.49. The Morgan fingerprint density at radius 2 is 2.22 bits per heavy atom. The zero-order chi connectivity index (χ0) is 12.8. The van der Waals surface area contributed by atoms with E-state index >= 15 is 0 Å². The predicted molar refractivity (Wildman–Crippen MR) is 72.5 cm³/mol. The summed E-state index contributed by atoms with van der Waals surface area (Å²) in [5, 5.41) is 5.10. The number of thiazole rings is 1. The van der Waals surface area contributed by atoms with Gasteiger partial charge in [0.1, 0.15) is 0 Å². The standard InChI is InChI=1S/C12H20N4OS/c1-13-3-2-12(17)16-6-4-15(5-7-16)8-11-9-18-10-14-11/h9-10,13H,2-8H2,1H3. The van der Waals surface area contributed by atoms with E-state index in [1.54, 1.807) is 11.3 Å². The number of amides is 1. The Hall–Kier alpha value is -0.980. The summed E-state index contributed by atoms with van der Waals surface area (Å²) in [6.45, 7) is 5.24. The zero-order valence-corrected chi connectivity index (χ0v) is 11.6.